The number of fused-ring (bicyclic) bond motifs is 1. The van der Waals surface area contributed by atoms with Gasteiger partial charge in [-0.15, -0.1) is 0 Å². The fourth-order valence-corrected chi connectivity index (χ4v) is 7.06. The molecule has 0 saturated carbocycles. The zero-order chi connectivity index (χ0) is 25.3. The number of amides is 1. The monoisotopic (exact) mass is 522 g/mol. The molecule has 0 bridgehead atoms. The molecule has 1 fully saturated rings. The number of furan rings is 1. The number of benzene rings is 2. The highest BCUT2D eigenvalue weighted by Crippen LogP contribution is 2.31. The molecule has 2 unspecified atom stereocenters. The maximum absolute atomic E-state index is 13.5. The summed E-state index contributed by atoms with van der Waals surface area (Å²) in [5.74, 6) is 0.666. The molecule has 1 amide bonds. The molecule has 5 rings (SSSR count). The van der Waals surface area contributed by atoms with E-state index in [9.17, 15) is 13.2 Å². The van der Waals surface area contributed by atoms with Gasteiger partial charge in [-0.2, -0.15) is 14.4 Å². The molecule has 36 heavy (non-hydrogen) atoms. The van der Waals surface area contributed by atoms with Gasteiger partial charge < -0.3 is 4.42 Å². The van der Waals surface area contributed by atoms with Gasteiger partial charge >= 0.3 is 0 Å². The summed E-state index contributed by atoms with van der Waals surface area (Å²) in [7, 11) is -3.64. The second-order valence-electron chi connectivity index (χ2n) is 9.13. The zero-order valence-electron chi connectivity index (χ0n) is 19.9. The lowest BCUT2D eigenvalue weighted by atomic mass is 9.94. The Hall–Kier alpha value is -3.34. The summed E-state index contributed by atoms with van der Waals surface area (Å²) in [5.41, 5.74) is 1.06. The van der Waals surface area contributed by atoms with Crippen molar-refractivity contribution in [2.75, 3.05) is 18.1 Å². The molecular formula is C26H26N4O4S2. The molecule has 4 aromatic rings. The standard InChI is InChI=1S/C26H26N4O4S2/c1-18-14-19(2)17-29(16-18)36(32,33)22-11-9-20(10-12-22)25(31)30(27-15-21-6-5-13-34-21)26-28-23-7-3-4-8-24(23)35-26/h3-13,15,18-19H,14,16-17H2,1-2H3. The van der Waals surface area contributed by atoms with Gasteiger partial charge in [0.15, 0.2) is 0 Å². The first kappa shape index (κ1) is 24.4. The Morgan fingerprint density at radius 1 is 1.08 bits per heavy atom. The van der Waals surface area contributed by atoms with Crippen LogP contribution < -0.4 is 5.01 Å². The minimum absolute atomic E-state index is 0.172. The van der Waals surface area contributed by atoms with Gasteiger partial charge in [0.2, 0.25) is 15.2 Å². The fourth-order valence-electron chi connectivity index (χ4n) is 4.46. The Kier molecular flexibility index (Phi) is 6.74. The van der Waals surface area contributed by atoms with Gasteiger partial charge in [-0.3, -0.25) is 4.79 Å². The molecule has 0 N–H and O–H groups in total. The van der Waals surface area contributed by atoms with Crippen molar-refractivity contribution in [1.29, 1.82) is 0 Å². The van der Waals surface area contributed by atoms with Gasteiger partial charge in [-0.25, -0.2) is 13.4 Å². The third-order valence-corrected chi connectivity index (χ3v) is 8.93. The van der Waals surface area contributed by atoms with Crippen LogP contribution in [0.1, 0.15) is 36.4 Å². The number of nitrogens with zero attached hydrogens (tertiary/aromatic N) is 4. The Labute approximate surface area is 213 Å². The summed E-state index contributed by atoms with van der Waals surface area (Å²) < 4.78 is 34.3. The van der Waals surface area contributed by atoms with Gasteiger partial charge in [0, 0.05) is 18.7 Å². The number of sulfonamides is 1. The van der Waals surface area contributed by atoms with Gasteiger partial charge in [-0.1, -0.05) is 37.3 Å². The molecule has 0 radical (unpaired) electrons. The summed E-state index contributed by atoms with van der Waals surface area (Å²) in [6.07, 6.45) is 3.98. The lowest BCUT2D eigenvalue weighted by molar-refractivity contribution is 0.0987. The molecule has 8 nitrogen and oxygen atoms in total. The molecule has 186 valence electrons. The Balaban J connectivity index is 1.44. The maximum atomic E-state index is 13.5. The molecule has 1 aliphatic heterocycles. The molecule has 1 aliphatic rings. The Morgan fingerprint density at radius 2 is 1.81 bits per heavy atom. The van der Waals surface area contributed by atoms with Crippen LogP contribution in [0.4, 0.5) is 5.13 Å². The second-order valence-corrected chi connectivity index (χ2v) is 12.1. The van der Waals surface area contributed by atoms with Gasteiger partial charge in [0.25, 0.3) is 5.91 Å². The summed E-state index contributed by atoms with van der Waals surface area (Å²) in [4.78, 5) is 18.3. The molecule has 3 heterocycles. The summed E-state index contributed by atoms with van der Waals surface area (Å²) in [6, 6.07) is 17.1. The van der Waals surface area contributed by atoms with E-state index in [1.807, 2.05) is 24.3 Å². The topological polar surface area (TPSA) is 96.1 Å². The number of thiazole rings is 1. The predicted molar refractivity (Wildman–Crippen MR) is 141 cm³/mol. The SMILES string of the molecule is CC1CC(C)CN(S(=O)(=O)c2ccc(C(=O)N(N=Cc3ccco3)c3nc4ccccc4s3)cc2)C1. The highest BCUT2D eigenvalue weighted by atomic mass is 32.2. The molecule has 2 aromatic carbocycles. The lowest BCUT2D eigenvalue weighted by Gasteiger charge is -2.34. The summed E-state index contributed by atoms with van der Waals surface area (Å²) >= 11 is 1.34. The summed E-state index contributed by atoms with van der Waals surface area (Å²) in [5, 5.41) is 5.97. The van der Waals surface area contributed by atoms with E-state index in [0.29, 0.717) is 41.4 Å². The number of hydrazone groups is 1. The summed E-state index contributed by atoms with van der Waals surface area (Å²) in [6.45, 7) is 5.14. The minimum atomic E-state index is -3.64. The van der Waals surface area contributed by atoms with Crippen molar-refractivity contribution in [3.05, 3.63) is 78.3 Å². The number of hydrogen-bond donors (Lipinski definition) is 0. The van der Waals surface area contributed by atoms with E-state index in [2.05, 4.69) is 23.9 Å². The van der Waals surface area contributed by atoms with E-state index >= 15 is 0 Å². The Bertz CT molecular complexity index is 1450. The van der Waals surface area contributed by atoms with Gasteiger partial charge in [-0.05, 0) is 66.8 Å². The predicted octanol–water partition coefficient (Wildman–Crippen LogP) is 5.24. The first-order chi connectivity index (χ1) is 17.3. The highest BCUT2D eigenvalue weighted by Gasteiger charge is 2.32. The van der Waals surface area contributed by atoms with Crippen LogP contribution >= 0.6 is 11.3 Å². The van der Waals surface area contributed by atoms with Crippen LogP contribution in [0.25, 0.3) is 10.2 Å². The van der Waals surface area contributed by atoms with E-state index < -0.39 is 15.9 Å². The van der Waals surface area contributed by atoms with Crippen LogP contribution in [0.2, 0.25) is 0 Å². The largest absolute Gasteiger partial charge is 0.463 e. The van der Waals surface area contributed by atoms with Crippen LogP contribution in [0.3, 0.4) is 0 Å². The lowest BCUT2D eigenvalue weighted by Crippen LogP contribution is -2.42. The molecule has 0 spiro atoms. The van der Waals surface area contributed by atoms with Crippen LogP contribution in [-0.4, -0.2) is 42.9 Å². The maximum Gasteiger partial charge on any atom is 0.280 e. The van der Waals surface area contributed by atoms with Crippen molar-refractivity contribution < 1.29 is 17.6 Å². The number of anilines is 1. The van der Waals surface area contributed by atoms with Crippen LogP contribution in [0.5, 0.6) is 0 Å². The first-order valence-electron chi connectivity index (χ1n) is 11.7. The minimum Gasteiger partial charge on any atom is -0.463 e. The van der Waals surface area contributed by atoms with Crippen LogP contribution in [0.15, 0.2) is 81.3 Å². The van der Waals surface area contributed by atoms with E-state index in [1.54, 1.807) is 16.4 Å². The smallest absolute Gasteiger partial charge is 0.280 e. The molecule has 1 saturated heterocycles. The number of para-hydroxylation sites is 1. The van der Waals surface area contributed by atoms with E-state index in [4.69, 9.17) is 4.42 Å². The first-order valence-corrected chi connectivity index (χ1v) is 13.9. The van der Waals surface area contributed by atoms with Crippen molar-refractivity contribution in [2.45, 2.75) is 25.2 Å². The highest BCUT2D eigenvalue weighted by molar-refractivity contribution is 7.89. The van der Waals surface area contributed by atoms with Gasteiger partial charge in [0.05, 0.1) is 27.6 Å². The third kappa shape index (κ3) is 4.97. The van der Waals surface area contributed by atoms with E-state index in [-0.39, 0.29) is 4.90 Å². The van der Waals surface area contributed by atoms with Crippen molar-refractivity contribution in [2.24, 2.45) is 16.9 Å². The van der Waals surface area contributed by atoms with Crippen molar-refractivity contribution in [3.8, 4) is 0 Å². The quantitative estimate of drug-likeness (QED) is 0.255. The molecule has 0 aliphatic carbocycles. The number of carbonyl (C=O) groups excluding carboxylic acids is 1. The number of hydrogen-bond acceptors (Lipinski definition) is 7. The zero-order valence-corrected chi connectivity index (χ0v) is 21.6. The molecular weight excluding hydrogens is 496 g/mol. The normalized spacial score (nSPS) is 19.2. The van der Waals surface area contributed by atoms with Crippen molar-refractivity contribution >= 4 is 48.8 Å². The Morgan fingerprint density at radius 3 is 2.47 bits per heavy atom. The number of rotatable bonds is 6. The molecule has 2 atom stereocenters. The van der Waals surface area contributed by atoms with E-state index in [0.717, 1.165) is 16.6 Å². The van der Waals surface area contributed by atoms with Gasteiger partial charge in [0.1, 0.15) is 5.76 Å². The average Bonchev–Trinajstić information content (AvgIpc) is 3.53. The molecule has 10 heteroatoms. The number of aromatic nitrogens is 1. The van der Waals surface area contributed by atoms with Crippen molar-refractivity contribution in [3.63, 3.8) is 0 Å². The second kappa shape index (κ2) is 9.96. The number of piperidine rings is 1. The third-order valence-electron chi connectivity index (χ3n) is 6.07. The van der Waals surface area contributed by atoms with E-state index in [1.165, 1.54) is 53.1 Å². The van der Waals surface area contributed by atoms with Crippen LogP contribution in [0, 0.1) is 11.8 Å². The number of carbonyl (C=O) groups is 1. The van der Waals surface area contributed by atoms with Crippen molar-refractivity contribution in [1.82, 2.24) is 9.29 Å². The van der Waals surface area contributed by atoms with Crippen LogP contribution in [-0.2, 0) is 10.0 Å². The fraction of sp³-hybridized carbons (Fsp3) is 0.269. The average molecular weight is 523 g/mol. The molecule has 2 aromatic heterocycles.